The summed E-state index contributed by atoms with van der Waals surface area (Å²) >= 11 is 1.78. The van der Waals surface area contributed by atoms with Crippen molar-refractivity contribution < 1.29 is 4.79 Å². The molecule has 1 aromatic rings. The van der Waals surface area contributed by atoms with E-state index in [0.717, 1.165) is 13.0 Å². The zero-order chi connectivity index (χ0) is 14.4. The number of aryl methyl sites for hydroxylation is 1. The van der Waals surface area contributed by atoms with Crippen LogP contribution < -0.4 is 10.6 Å². The molecule has 0 saturated carbocycles. The van der Waals surface area contributed by atoms with Crippen molar-refractivity contribution in [2.75, 3.05) is 6.54 Å². The van der Waals surface area contributed by atoms with Crippen molar-refractivity contribution in [2.45, 2.75) is 53.1 Å². The van der Waals surface area contributed by atoms with Crippen molar-refractivity contribution in [1.29, 1.82) is 0 Å². The van der Waals surface area contributed by atoms with E-state index >= 15 is 0 Å². The number of thiophene rings is 1. The Morgan fingerprint density at radius 2 is 1.95 bits per heavy atom. The van der Waals surface area contributed by atoms with E-state index in [2.05, 4.69) is 50.5 Å². The Bertz CT molecular complexity index is 401. The third-order valence-corrected chi connectivity index (χ3v) is 4.29. The third kappa shape index (κ3) is 5.74. The summed E-state index contributed by atoms with van der Waals surface area (Å²) in [5.74, 6) is 0.706. The summed E-state index contributed by atoms with van der Waals surface area (Å²) in [6.45, 7) is 11.2. The molecule has 1 rings (SSSR count). The van der Waals surface area contributed by atoms with Gasteiger partial charge in [-0.15, -0.1) is 11.3 Å². The van der Waals surface area contributed by atoms with Crippen molar-refractivity contribution in [3.63, 3.8) is 0 Å². The predicted octanol–water partition coefficient (Wildman–Crippen LogP) is 3.26. The van der Waals surface area contributed by atoms with Gasteiger partial charge in [-0.3, -0.25) is 10.1 Å². The number of carbonyl (C=O) groups excluding carboxylic acids is 1. The molecule has 1 amide bonds. The van der Waals surface area contributed by atoms with Crippen molar-refractivity contribution in [3.8, 4) is 0 Å². The van der Waals surface area contributed by atoms with Gasteiger partial charge in [-0.1, -0.05) is 13.8 Å². The van der Waals surface area contributed by atoms with Gasteiger partial charge in [0.25, 0.3) is 0 Å². The molecular formula is C15H26N2OS. The van der Waals surface area contributed by atoms with Gasteiger partial charge in [0.2, 0.25) is 5.91 Å². The van der Waals surface area contributed by atoms with E-state index in [0.29, 0.717) is 5.92 Å². The highest BCUT2D eigenvalue weighted by molar-refractivity contribution is 7.12. The lowest BCUT2D eigenvalue weighted by atomic mass is 10.1. The Hall–Kier alpha value is -0.870. The van der Waals surface area contributed by atoms with Crippen LogP contribution in [0.2, 0.25) is 0 Å². The molecular weight excluding hydrogens is 256 g/mol. The Morgan fingerprint density at radius 3 is 2.47 bits per heavy atom. The standard InChI is InChI=1S/C15H26N2OS/c1-10(2)8-9-16-15(18)13(5)17-12(4)14-7-6-11(3)19-14/h6-7,10,12-13,17H,8-9H2,1-5H3,(H,16,18). The first kappa shape index (κ1) is 16.2. The molecule has 19 heavy (non-hydrogen) atoms. The molecule has 3 nitrogen and oxygen atoms in total. The SMILES string of the molecule is Cc1ccc(C(C)NC(C)C(=O)NCCC(C)C)s1. The molecule has 0 fully saturated rings. The van der Waals surface area contributed by atoms with Crippen LogP contribution in [0.5, 0.6) is 0 Å². The van der Waals surface area contributed by atoms with Crippen LogP contribution in [-0.4, -0.2) is 18.5 Å². The van der Waals surface area contributed by atoms with E-state index in [1.165, 1.54) is 9.75 Å². The van der Waals surface area contributed by atoms with Gasteiger partial charge in [-0.25, -0.2) is 0 Å². The minimum Gasteiger partial charge on any atom is -0.355 e. The van der Waals surface area contributed by atoms with Gasteiger partial charge in [0, 0.05) is 22.3 Å². The maximum Gasteiger partial charge on any atom is 0.236 e. The first-order valence-corrected chi connectivity index (χ1v) is 7.82. The van der Waals surface area contributed by atoms with Gasteiger partial charge >= 0.3 is 0 Å². The molecule has 4 heteroatoms. The molecule has 0 radical (unpaired) electrons. The van der Waals surface area contributed by atoms with Crippen LogP contribution in [0.1, 0.15) is 49.9 Å². The molecule has 2 N–H and O–H groups in total. The average Bonchev–Trinajstić information content (AvgIpc) is 2.75. The zero-order valence-corrected chi connectivity index (χ0v) is 13.4. The third-order valence-electron chi connectivity index (χ3n) is 3.10. The van der Waals surface area contributed by atoms with E-state index in [9.17, 15) is 4.79 Å². The first-order chi connectivity index (χ1) is 8.90. The van der Waals surface area contributed by atoms with Gasteiger partial charge in [0.1, 0.15) is 0 Å². The predicted molar refractivity (Wildman–Crippen MR) is 82.5 cm³/mol. The summed E-state index contributed by atoms with van der Waals surface area (Å²) < 4.78 is 0. The van der Waals surface area contributed by atoms with Crippen LogP contribution in [0.4, 0.5) is 0 Å². The minimum absolute atomic E-state index is 0.0841. The normalized spacial score (nSPS) is 14.4. The molecule has 2 unspecified atom stereocenters. The van der Waals surface area contributed by atoms with Crippen LogP contribution in [0.3, 0.4) is 0 Å². The lowest BCUT2D eigenvalue weighted by Crippen LogP contribution is -2.43. The molecule has 0 aliphatic carbocycles. The summed E-state index contributed by atoms with van der Waals surface area (Å²) in [5.41, 5.74) is 0. The maximum atomic E-state index is 11.9. The number of nitrogens with one attached hydrogen (secondary N) is 2. The quantitative estimate of drug-likeness (QED) is 0.806. The van der Waals surface area contributed by atoms with Crippen LogP contribution in [0.15, 0.2) is 12.1 Å². The van der Waals surface area contributed by atoms with Crippen molar-refractivity contribution >= 4 is 17.2 Å². The van der Waals surface area contributed by atoms with E-state index in [1.54, 1.807) is 11.3 Å². The first-order valence-electron chi connectivity index (χ1n) is 7.00. The Balaban J connectivity index is 2.37. The van der Waals surface area contributed by atoms with Crippen molar-refractivity contribution in [1.82, 2.24) is 10.6 Å². The molecule has 0 aliphatic heterocycles. The van der Waals surface area contributed by atoms with Crippen molar-refractivity contribution in [3.05, 3.63) is 21.9 Å². The molecule has 1 heterocycles. The maximum absolute atomic E-state index is 11.9. The Kier molecular flexibility index (Phi) is 6.52. The average molecular weight is 282 g/mol. The number of amides is 1. The van der Waals surface area contributed by atoms with Crippen LogP contribution in [0.25, 0.3) is 0 Å². The van der Waals surface area contributed by atoms with Crippen LogP contribution >= 0.6 is 11.3 Å². The molecule has 1 aromatic heterocycles. The molecule has 0 aromatic carbocycles. The van der Waals surface area contributed by atoms with Gasteiger partial charge < -0.3 is 5.32 Å². The van der Waals surface area contributed by atoms with Gasteiger partial charge in [-0.2, -0.15) is 0 Å². The molecule has 0 saturated heterocycles. The van der Waals surface area contributed by atoms with Gasteiger partial charge in [-0.05, 0) is 45.2 Å². The number of carbonyl (C=O) groups is 1. The van der Waals surface area contributed by atoms with Crippen LogP contribution in [0, 0.1) is 12.8 Å². The van der Waals surface area contributed by atoms with E-state index in [-0.39, 0.29) is 18.0 Å². The fourth-order valence-electron chi connectivity index (χ4n) is 1.86. The topological polar surface area (TPSA) is 41.1 Å². The summed E-state index contributed by atoms with van der Waals surface area (Å²) in [7, 11) is 0. The monoisotopic (exact) mass is 282 g/mol. The number of hydrogen-bond acceptors (Lipinski definition) is 3. The smallest absolute Gasteiger partial charge is 0.236 e. The molecule has 2 atom stereocenters. The molecule has 0 aliphatic rings. The molecule has 0 spiro atoms. The van der Waals surface area contributed by atoms with E-state index in [4.69, 9.17) is 0 Å². The van der Waals surface area contributed by atoms with E-state index in [1.807, 2.05) is 6.92 Å². The van der Waals surface area contributed by atoms with E-state index < -0.39 is 0 Å². The minimum atomic E-state index is -0.162. The van der Waals surface area contributed by atoms with Crippen molar-refractivity contribution in [2.24, 2.45) is 5.92 Å². The molecule has 0 bridgehead atoms. The highest BCUT2D eigenvalue weighted by atomic mass is 32.1. The zero-order valence-electron chi connectivity index (χ0n) is 12.6. The van der Waals surface area contributed by atoms with Gasteiger partial charge in [0.05, 0.1) is 6.04 Å². The van der Waals surface area contributed by atoms with Crippen LogP contribution in [-0.2, 0) is 4.79 Å². The number of rotatable bonds is 7. The second-order valence-electron chi connectivity index (χ2n) is 5.53. The molecule has 108 valence electrons. The summed E-state index contributed by atoms with van der Waals surface area (Å²) in [6.07, 6.45) is 1.03. The largest absolute Gasteiger partial charge is 0.355 e. The Labute approximate surface area is 120 Å². The second kappa shape index (κ2) is 7.65. The summed E-state index contributed by atoms with van der Waals surface area (Å²) in [6, 6.07) is 4.29. The summed E-state index contributed by atoms with van der Waals surface area (Å²) in [4.78, 5) is 14.5. The number of hydrogen-bond donors (Lipinski definition) is 2. The lowest BCUT2D eigenvalue weighted by molar-refractivity contribution is -0.122. The lowest BCUT2D eigenvalue weighted by Gasteiger charge is -2.19. The summed E-state index contributed by atoms with van der Waals surface area (Å²) in [5, 5.41) is 6.32. The Morgan fingerprint density at radius 1 is 1.26 bits per heavy atom. The highest BCUT2D eigenvalue weighted by Gasteiger charge is 2.16. The van der Waals surface area contributed by atoms with Gasteiger partial charge in [0.15, 0.2) is 0 Å². The highest BCUT2D eigenvalue weighted by Crippen LogP contribution is 2.22. The second-order valence-corrected chi connectivity index (χ2v) is 6.85. The fraction of sp³-hybridized carbons (Fsp3) is 0.667. The fourth-order valence-corrected chi connectivity index (χ4v) is 2.74.